The van der Waals surface area contributed by atoms with E-state index in [0.29, 0.717) is 6.54 Å². The summed E-state index contributed by atoms with van der Waals surface area (Å²) in [7, 11) is 0. The number of amides is 2. The molecule has 0 aliphatic rings. The topological polar surface area (TPSA) is 74.2 Å². The summed E-state index contributed by atoms with van der Waals surface area (Å²) in [5, 5.41) is 17.4. The molecule has 0 radical (unpaired) electrons. The molecule has 0 saturated carbocycles. The molecule has 0 aliphatic heterocycles. The Balaban J connectivity index is 2.20. The van der Waals surface area contributed by atoms with Crippen LogP contribution in [-0.2, 0) is 6.42 Å². The van der Waals surface area contributed by atoms with Gasteiger partial charge in [0.1, 0.15) is 0 Å². The van der Waals surface area contributed by atoms with Gasteiger partial charge in [0.25, 0.3) is 0 Å². The maximum atomic E-state index is 11.4. The zero-order chi connectivity index (χ0) is 12.7. The Morgan fingerprint density at radius 3 is 2.94 bits per heavy atom. The fourth-order valence-corrected chi connectivity index (χ4v) is 1.99. The van der Waals surface area contributed by atoms with Crippen LogP contribution < -0.4 is 10.6 Å². The summed E-state index contributed by atoms with van der Waals surface area (Å²) >= 11 is 1.61. The third-order valence-corrected chi connectivity index (χ3v) is 3.20. The van der Waals surface area contributed by atoms with Crippen LogP contribution in [-0.4, -0.2) is 35.3 Å². The second kappa shape index (κ2) is 7.24. The Hall–Kier alpha value is -1.14. The van der Waals surface area contributed by atoms with E-state index >= 15 is 0 Å². The minimum atomic E-state index is -0.238. The molecule has 1 aromatic rings. The molecule has 1 unspecified atom stereocenters. The standard InChI is InChI=1S/C11H19N3O2S/c1-3-9(6-15)14-11(16)12-5-4-10-7-17-8(2)13-10/h7,9,15H,3-6H2,1-2H3,(H2,12,14,16). The summed E-state index contributed by atoms with van der Waals surface area (Å²) in [6, 6.07) is -0.408. The van der Waals surface area contributed by atoms with Gasteiger partial charge in [0, 0.05) is 18.3 Å². The van der Waals surface area contributed by atoms with Gasteiger partial charge in [-0.25, -0.2) is 9.78 Å². The molecule has 2 amide bonds. The van der Waals surface area contributed by atoms with Gasteiger partial charge in [0.2, 0.25) is 0 Å². The Morgan fingerprint density at radius 1 is 1.65 bits per heavy atom. The van der Waals surface area contributed by atoms with E-state index < -0.39 is 0 Å². The molecule has 1 atom stereocenters. The SMILES string of the molecule is CCC(CO)NC(=O)NCCc1csc(C)n1. The van der Waals surface area contributed by atoms with E-state index in [1.807, 2.05) is 19.2 Å². The summed E-state index contributed by atoms with van der Waals surface area (Å²) < 4.78 is 0. The predicted octanol–water partition coefficient (Wildman–Crippen LogP) is 1.06. The lowest BCUT2D eigenvalue weighted by Gasteiger charge is -2.14. The fourth-order valence-electron chi connectivity index (χ4n) is 1.34. The average molecular weight is 257 g/mol. The van der Waals surface area contributed by atoms with Crippen LogP contribution in [0.15, 0.2) is 5.38 Å². The molecule has 0 spiro atoms. The van der Waals surface area contributed by atoms with Gasteiger partial charge in [-0.2, -0.15) is 0 Å². The highest BCUT2D eigenvalue weighted by molar-refractivity contribution is 7.09. The number of urea groups is 1. The van der Waals surface area contributed by atoms with Crippen molar-refractivity contribution in [2.45, 2.75) is 32.7 Å². The minimum absolute atomic E-state index is 0.0325. The summed E-state index contributed by atoms with van der Waals surface area (Å²) in [4.78, 5) is 15.7. The fraction of sp³-hybridized carbons (Fsp3) is 0.636. The molecular weight excluding hydrogens is 238 g/mol. The number of nitrogens with zero attached hydrogens (tertiary/aromatic N) is 1. The first-order chi connectivity index (χ1) is 8.15. The van der Waals surface area contributed by atoms with Gasteiger partial charge in [-0.3, -0.25) is 0 Å². The number of aryl methyl sites for hydroxylation is 1. The molecule has 96 valence electrons. The number of carbonyl (C=O) groups is 1. The van der Waals surface area contributed by atoms with E-state index in [-0.39, 0.29) is 18.7 Å². The zero-order valence-electron chi connectivity index (χ0n) is 10.2. The third kappa shape index (κ3) is 5.14. The second-order valence-corrected chi connectivity index (χ2v) is 4.86. The van der Waals surface area contributed by atoms with Crippen molar-refractivity contribution in [3.63, 3.8) is 0 Å². The lowest BCUT2D eigenvalue weighted by atomic mass is 10.2. The maximum absolute atomic E-state index is 11.4. The van der Waals surface area contributed by atoms with Gasteiger partial charge in [0.05, 0.1) is 23.4 Å². The minimum Gasteiger partial charge on any atom is -0.394 e. The number of aliphatic hydroxyl groups is 1. The monoisotopic (exact) mass is 257 g/mol. The van der Waals surface area contributed by atoms with E-state index in [1.54, 1.807) is 11.3 Å². The summed E-state index contributed by atoms with van der Waals surface area (Å²) in [5.41, 5.74) is 1.00. The summed E-state index contributed by atoms with van der Waals surface area (Å²) in [6.45, 7) is 4.40. The first-order valence-electron chi connectivity index (χ1n) is 5.72. The molecule has 0 saturated heterocycles. The molecule has 1 rings (SSSR count). The van der Waals surface area contributed by atoms with Crippen molar-refractivity contribution in [3.8, 4) is 0 Å². The molecule has 1 aromatic heterocycles. The highest BCUT2D eigenvalue weighted by atomic mass is 32.1. The van der Waals surface area contributed by atoms with Crippen LogP contribution in [0.3, 0.4) is 0 Å². The molecule has 1 heterocycles. The molecule has 0 bridgehead atoms. The quantitative estimate of drug-likeness (QED) is 0.713. The van der Waals surface area contributed by atoms with Crippen LogP contribution in [0.2, 0.25) is 0 Å². The Morgan fingerprint density at radius 2 is 2.41 bits per heavy atom. The van der Waals surface area contributed by atoms with Crippen molar-refractivity contribution in [3.05, 3.63) is 16.1 Å². The highest BCUT2D eigenvalue weighted by Gasteiger charge is 2.08. The number of nitrogens with one attached hydrogen (secondary N) is 2. The van der Waals surface area contributed by atoms with Crippen molar-refractivity contribution in [1.82, 2.24) is 15.6 Å². The maximum Gasteiger partial charge on any atom is 0.315 e. The molecule has 5 nitrogen and oxygen atoms in total. The highest BCUT2D eigenvalue weighted by Crippen LogP contribution is 2.07. The van der Waals surface area contributed by atoms with Crippen LogP contribution in [0.25, 0.3) is 0 Å². The zero-order valence-corrected chi connectivity index (χ0v) is 11.0. The largest absolute Gasteiger partial charge is 0.394 e. The Kier molecular flexibility index (Phi) is 5.93. The smallest absolute Gasteiger partial charge is 0.315 e. The van der Waals surface area contributed by atoms with Crippen molar-refractivity contribution in [1.29, 1.82) is 0 Å². The van der Waals surface area contributed by atoms with E-state index in [2.05, 4.69) is 15.6 Å². The Labute approximate surface area is 105 Å². The van der Waals surface area contributed by atoms with Crippen LogP contribution in [0, 0.1) is 6.92 Å². The molecular formula is C11H19N3O2S. The lowest BCUT2D eigenvalue weighted by molar-refractivity contribution is 0.214. The van der Waals surface area contributed by atoms with Crippen molar-refractivity contribution in [2.75, 3.05) is 13.2 Å². The van der Waals surface area contributed by atoms with E-state index in [4.69, 9.17) is 5.11 Å². The second-order valence-electron chi connectivity index (χ2n) is 3.80. The van der Waals surface area contributed by atoms with E-state index in [1.165, 1.54) is 0 Å². The first-order valence-corrected chi connectivity index (χ1v) is 6.60. The lowest BCUT2D eigenvalue weighted by Crippen LogP contribution is -2.44. The number of aromatic nitrogens is 1. The number of hydrogen-bond acceptors (Lipinski definition) is 4. The Bertz CT molecular complexity index is 350. The van der Waals surface area contributed by atoms with Gasteiger partial charge in [-0.1, -0.05) is 6.92 Å². The molecule has 3 N–H and O–H groups in total. The predicted molar refractivity (Wildman–Crippen MR) is 68.3 cm³/mol. The van der Waals surface area contributed by atoms with Crippen LogP contribution in [0.5, 0.6) is 0 Å². The van der Waals surface area contributed by atoms with Gasteiger partial charge < -0.3 is 15.7 Å². The third-order valence-electron chi connectivity index (χ3n) is 2.38. The molecule has 0 aliphatic carbocycles. The van der Waals surface area contributed by atoms with Crippen molar-refractivity contribution >= 4 is 17.4 Å². The summed E-state index contributed by atoms with van der Waals surface area (Å²) in [5.74, 6) is 0. The molecule has 6 heteroatoms. The summed E-state index contributed by atoms with van der Waals surface area (Å²) in [6.07, 6.45) is 1.45. The first kappa shape index (κ1) is 13.9. The van der Waals surface area contributed by atoms with Gasteiger partial charge >= 0.3 is 6.03 Å². The average Bonchev–Trinajstić information content (AvgIpc) is 2.72. The van der Waals surface area contributed by atoms with Gasteiger partial charge in [-0.05, 0) is 13.3 Å². The molecule has 0 fully saturated rings. The number of aliphatic hydroxyl groups excluding tert-OH is 1. The molecule has 0 aromatic carbocycles. The van der Waals surface area contributed by atoms with E-state index in [9.17, 15) is 4.79 Å². The number of thiazole rings is 1. The van der Waals surface area contributed by atoms with Crippen LogP contribution in [0.1, 0.15) is 24.0 Å². The van der Waals surface area contributed by atoms with Crippen LogP contribution >= 0.6 is 11.3 Å². The normalized spacial score (nSPS) is 12.2. The van der Waals surface area contributed by atoms with Crippen LogP contribution in [0.4, 0.5) is 4.79 Å². The van der Waals surface area contributed by atoms with Gasteiger partial charge in [0.15, 0.2) is 0 Å². The van der Waals surface area contributed by atoms with Crippen molar-refractivity contribution in [2.24, 2.45) is 0 Å². The van der Waals surface area contributed by atoms with E-state index in [0.717, 1.165) is 23.5 Å². The number of rotatable bonds is 6. The van der Waals surface area contributed by atoms with Gasteiger partial charge in [-0.15, -0.1) is 11.3 Å². The number of carbonyl (C=O) groups excluding carboxylic acids is 1. The molecule has 17 heavy (non-hydrogen) atoms. The van der Waals surface area contributed by atoms with Crippen molar-refractivity contribution < 1.29 is 9.90 Å². The number of hydrogen-bond donors (Lipinski definition) is 3.